The molecular weight excluding hydrogens is 262 g/mol. The summed E-state index contributed by atoms with van der Waals surface area (Å²) in [6.45, 7) is 6.94. The van der Waals surface area contributed by atoms with Gasteiger partial charge < -0.3 is 10.3 Å². The Balaban J connectivity index is 1.47. The molecule has 0 fully saturated rings. The van der Waals surface area contributed by atoms with Crippen LogP contribution < -0.4 is 5.32 Å². The van der Waals surface area contributed by atoms with Crippen LogP contribution in [0.3, 0.4) is 0 Å². The van der Waals surface area contributed by atoms with Gasteiger partial charge in [-0.15, -0.1) is 0 Å². The molecule has 0 bridgehead atoms. The van der Waals surface area contributed by atoms with Crippen LogP contribution in [0, 0.1) is 13.8 Å². The summed E-state index contributed by atoms with van der Waals surface area (Å²) >= 11 is 0. The van der Waals surface area contributed by atoms with Crippen molar-refractivity contribution in [2.45, 2.75) is 33.4 Å². The number of hydrogen-bond donors (Lipinski definition) is 2. The molecule has 0 saturated heterocycles. The van der Waals surface area contributed by atoms with Crippen LogP contribution in [0.5, 0.6) is 0 Å². The number of H-pyrrole nitrogens is 1. The minimum absolute atomic E-state index is 0.864. The zero-order valence-corrected chi connectivity index (χ0v) is 12.6. The predicted octanol–water partition coefficient (Wildman–Crippen LogP) is 2.56. The lowest BCUT2D eigenvalue weighted by Gasteiger charge is -2.06. The second kappa shape index (κ2) is 6.10. The first kappa shape index (κ1) is 13.8. The lowest BCUT2D eigenvalue weighted by atomic mass is 10.2. The Morgan fingerprint density at radius 3 is 3.05 bits per heavy atom. The molecule has 3 aromatic rings. The minimum atomic E-state index is 0.864. The van der Waals surface area contributed by atoms with Crippen LogP contribution >= 0.6 is 0 Å². The standard InChI is InChI=1S/C16H21N5/c1-12-9-13(2)21(20-12)8-4-6-17-10-14-11-19-16-15(14)5-3-7-18-16/h3,5,7,9,11,17H,4,6,8,10H2,1-2H3,(H,18,19). The summed E-state index contributed by atoms with van der Waals surface area (Å²) in [5.41, 5.74) is 4.54. The number of aromatic amines is 1. The SMILES string of the molecule is Cc1cc(C)n(CCCNCc2c[nH]c3ncccc23)n1. The van der Waals surface area contributed by atoms with Crippen molar-refractivity contribution in [3.63, 3.8) is 0 Å². The quantitative estimate of drug-likeness (QED) is 0.684. The Kier molecular flexibility index (Phi) is 4.01. The van der Waals surface area contributed by atoms with Gasteiger partial charge in [-0.25, -0.2) is 4.98 Å². The van der Waals surface area contributed by atoms with Crippen molar-refractivity contribution in [3.8, 4) is 0 Å². The third kappa shape index (κ3) is 3.13. The summed E-state index contributed by atoms with van der Waals surface area (Å²) < 4.78 is 2.08. The second-order valence-electron chi connectivity index (χ2n) is 5.39. The van der Waals surface area contributed by atoms with Gasteiger partial charge in [0.15, 0.2) is 0 Å². The summed E-state index contributed by atoms with van der Waals surface area (Å²) in [5, 5.41) is 9.16. The molecule has 3 rings (SSSR count). The predicted molar refractivity (Wildman–Crippen MR) is 84.1 cm³/mol. The topological polar surface area (TPSA) is 58.5 Å². The van der Waals surface area contributed by atoms with Crippen molar-refractivity contribution in [2.24, 2.45) is 0 Å². The van der Waals surface area contributed by atoms with E-state index in [-0.39, 0.29) is 0 Å². The number of aromatic nitrogens is 4. The lowest BCUT2D eigenvalue weighted by Crippen LogP contribution is -2.17. The fourth-order valence-electron chi connectivity index (χ4n) is 2.64. The maximum atomic E-state index is 4.47. The fourth-order valence-corrected chi connectivity index (χ4v) is 2.64. The minimum Gasteiger partial charge on any atom is -0.346 e. The van der Waals surface area contributed by atoms with Crippen LogP contribution in [-0.4, -0.2) is 26.3 Å². The fraction of sp³-hybridized carbons (Fsp3) is 0.375. The van der Waals surface area contributed by atoms with Gasteiger partial charge in [-0.2, -0.15) is 5.10 Å². The van der Waals surface area contributed by atoms with Crippen LogP contribution in [0.1, 0.15) is 23.4 Å². The molecule has 0 radical (unpaired) electrons. The van der Waals surface area contributed by atoms with E-state index in [4.69, 9.17) is 0 Å². The molecule has 0 aliphatic carbocycles. The molecule has 0 unspecified atom stereocenters. The Morgan fingerprint density at radius 1 is 1.33 bits per heavy atom. The monoisotopic (exact) mass is 283 g/mol. The molecule has 3 aromatic heterocycles. The van der Waals surface area contributed by atoms with Gasteiger partial charge in [-0.3, -0.25) is 4.68 Å². The van der Waals surface area contributed by atoms with Gasteiger partial charge in [0.05, 0.1) is 5.69 Å². The lowest BCUT2D eigenvalue weighted by molar-refractivity contribution is 0.532. The van der Waals surface area contributed by atoms with Crippen LogP contribution in [-0.2, 0) is 13.1 Å². The molecule has 0 amide bonds. The third-order valence-electron chi connectivity index (χ3n) is 3.68. The molecule has 3 heterocycles. The molecule has 0 aliphatic heterocycles. The number of fused-ring (bicyclic) bond motifs is 1. The van der Waals surface area contributed by atoms with E-state index in [1.165, 1.54) is 16.6 Å². The van der Waals surface area contributed by atoms with Gasteiger partial charge in [0.1, 0.15) is 5.65 Å². The van der Waals surface area contributed by atoms with Crippen molar-refractivity contribution in [1.82, 2.24) is 25.1 Å². The molecule has 5 heteroatoms. The van der Waals surface area contributed by atoms with Crippen molar-refractivity contribution >= 4 is 11.0 Å². The highest BCUT2D eigenvalue weighted by molar-refractivity contribution is 5.79. The average Bonchev–Trinajstić information content (AvgIpc) is 3.02. The van der Waals surface area contributed by atoms with Crippen LogP contribution in [0.4, 0.5) is 0 Å². The number of nitrogens with zero attached hydrogens (tertiary/aromatic N) is 3. The van der Waals surface area contributed by atoms with Gasteiger partial charge in [-0.1, -0.05) is 0 Å². The molecule has 0 spiro atoms. The van der Waals surface area contributed by atoms with Crippen LogP contribution in [0.2, 0.25) is 0 Å². The summed E-state index contributed by atoms with van der Waals surface area (Å²) in [7, 11) is 0. The Labute approximate surface area is 124 Å². The van der Waals surface area contributed by atoms with Crippen molar-refractivity contribution in [2.75, 3.05) is 6.54 Å². The Hall–Kier alpha value is -2.14. The first-order chi connectivity index (χ1) is 10.2. The van der Waals surface area contributed by atoms with E-state index >= 15 is 0 Å². The smallest absolute Gasteiger partial charge is 0.137 e. The molecule has 0 aliphatic rings. The van der Waals surface area contributed by atoms with Crippen molar-refractivity contribution in [3.05, 3.63) is 47.5 Å². The molecule has 0 aromatic carbocycles. The van der Waals surface area contributed by atoms with Gasteiger partial charge in [0.25, 0.3) is 0 Å². The summed E-state index contributed by atoms with van der Waals surface area (Å²) in [6.07, 6.45) is 4.92. The van der Waals surface area contributed by atoms with E-state index in [9.17, 15) is 0 Å². The zero-order valence-electron chi connectivity index (χ0n) is 12.6. The van der Waals surface area contributed by atoms with Gasteiger partial charge in [0.2, 0.25) is 0 Å². The van der Waals surface area contributed by atoms with E-state index < -0.39 is 0 Å². The second-order valence-corrected chi connectivity index (χ2v) is 5.39. The highest BCUT2D eigenvalue weighted by Gasteiger charge is 2.03. The number of rotatable bonds is 6. The Morgan fingerprint density at radius 2 is 2.24 bits per heavy atom. The van der Waals surface area contributed by atoms with Crippen molar-refractivity contribution < 1.29 is 0 Å². The zero-order chi connectivity index (χ0) is 14.7. The highest BCUT2D eigenvalue weighted by Crippen LogP contribution is 2.14. The number of hydrogen-bond acceptors (Lipinski definition) is 3. The van der Waals surface area contributed by atoms with E-state index in [2.05, 4.69) is 44.1 Å². The highest BCUT2D eigenvalue weighted by atomic mass is 15.3. The number of pyridine rings is 1. The van der Waals surface area contributed by atoms with Crippen LogP contribution in [0.25, 0.3) is 11.0 Å². The molecule has 110 valence electrons. The Bertz CT molecular complexity index is 725. The van der Waals surface area contributed by atoms with E-state index in [1.54, 1.807) is 0 Å². The number of aryl methyl sites for hydroxylation is 3. The third-order valence-corrected chi connectivity index (χ3v) is 3.68. The normalized spacial score (nSPS) is 11.3. The van der Waals surface area contributed by atoms with E-state index in [0.717, 1.165) is 37.4 Å². The van der Waals surface area contributed by atoms with Crippen LogP contribution in [0.15, 0.2) is 30.6 Å². The largest absolute Gasteiger partial charge is 0.346 e. The first-order valence-electron chi connectivity index (χ1n) is 7.37. The van der Waals surface area contributed by atoms with Crippen molar-refractivity contribution in [1.29, 1.82) is 0 Å². The van der Waals surface area contributed by atoms with Gasteiger partial charge in [-0.05, 0) is 50.6 Å². The molecule has 5 nitrogen and oxygen atoms in total. The van der Waals surface area contributed by atoms with Gasteiger partial charge in [0, 0.05) is 36.6 Å². The first-order valence-corrected chi connectivity index (χ1v) is 7.37. The maximum Gasteiger partial charge on any atom is 0.137 e. The summed E-state index contributed by atoms with van der Waals surface area (Å²) in [6, 6.07) is 6.20. The molecule has 0 saturated carbocycles. The molecule has 0 atom stereocenters. The van der Waals surface area contributed by atoms with Gasteiger partial charge >= 0.3 is 0 Å². The summed E-state index contributed by atoms with van der Waals surface area (Å²) in [4.78, 5) is 7.50. The summed E-state index contributed by atoms with van der Waals surface area (Å²) in [5.74, 6) is 0. The molecule has 21 heavy (non-hydrogen) atoms. The molecule has 2 N–H and O–H groups in total. The molecular formula is C16H21N5. The maximum absolute atomic E-state index is 4.47. The average molecular weight is 283 g/mol. The van der Waals surface area contributed by atoms with E-state index in [0.29, 0.717) is 0 Å². The number of nitrogens with one attached hydrogen (secondary N) is 2. The van der Waals surface area contributed by atoms with E-state index in [1.807, 2.05) is 25.4 Å².